The predicted octanol–water partition coefficient (Wildman–Crippen LogP) is 1.81. The van der Waals surface area contributed by atoms with Crippen molar-refractivity contribution in [3.8, 4) is 5.75 Å². The quantitative estimate of drug-likeness (QED) is 0.826. The highest BCUT2D eigenvalue weighted by Gasteiger charge is 2.09. The second kappa shape index (κ2) is 7.19. The SMILES string of the molecule is NCCCOc1cnn(Cc2c(F)cccc2Cl)c(=O)c1. The average molecular weight is 312 g/mol. The molecule has 0 aliphatic heterocycles. The van der Waals surface area contributed by atoms with Gasteiger partial charge in [-0.15, -0.1) is 0 Å². The monoisotopic (exact) mass is 311 g/mol. The Kier molecular flexibility index (Phi) is 5.30. The van der Waals surface area contributed by atoms with Crippen LogP contribution in [0.15, 0.2) is 35.3 Å². The normalized spacial score (nSPS) is 10.6. The van der Waals surface area contributed by atoms with Crippen molar-refractivity contribution in [1.82, 2.24) is 9.78 Å². The molecule has 2 N–H and O–H groups in total. The van der Waals surface area contributed by atoms with Crippen LogP contribution in [0.4, 0.5) is 4.39 Å². The van der Waals surface area contributed by atoms with E-state index in [0.29, 0.717) is 25.3 Å². The molecule has 0 unspecified atom stereocenters. The summed E-state index contributed by atoms with van der Waals surface area (Å²) in [6, 6.07) is 5.66. The van der Waals surface area contributed by atoms with Gasteiger partial charge in [0, 0.05) is 16.7 Å². The topological polar surface area (TPSA) is 70.1 Å². The van der Waals surface area contributed by atoms with Crippen molar-refractivity contribution in [3.05, 3.63) is 57.2 Å². The van der Waals surface area contributed by atoms with Crippen LogP contribution in [0.3, 0.4) is 0 Å². The highest BCUT2D eigenvalue weighted by atomic mass is 35.5. The van der Waals surface area contributed by atoms with Gasteiger partial charge in [-0.3, -0.25) is 4.79 Å². The summed E-state index contributed by atoms with van der Waals surface area (Å²) in [5.74, 6) is -0.108. The molecule has 7 heteroatoms. The Morgan fingerprint density at radius 2 is 2.24 bits per heavy atom. The van der Waals surface area contributed by atoms with Crippen molar-refractivity contribution < 1.29 is 9.13 Å². The van der Waals surface area contributed by atoms with E-state index in [9.17, 15) is 9.18 Å². The molecule has 2 rings (SSSR count). The molecule has 0 atom stereocenters. The van der Waals surface area contributed by atoms with Gasteiger partial charge in [0.15, 0.2) is 0 Å². The number of aromatic nitrogens is 2. The Morgan fingerprint density at radius 3 is 2.90 bits per heavy atom. The van der Waals surface area contributed by atoms with Gasteiger partial charge in [-0.2, -0.15) is 5.10 Å². The van der Waals surface area contributed by atoms with E-state index < -0.39 is 5.82 Å². The molecule has 0 amide bonds. The van der Waals surface area contributed by atoms with E-state index >= 15 is 0 Å². The molecule has 0 bridgehead atoms. The maximum absolute atomic E-state index is 13.7. The maximum Gasteiger partial charge on any atom is 0.270 e. The van der Waals surface area contributed by atoms with Gasteiger partial charge in [-0.25, -0.2) is 9.07 Å². The summed E-state index contributed by atoms with van der Waals surface area (Å²) in [6.07, 6.45) is 2.10. The lowest BCUT2D eigenvalue weighted by Crippen LogP contribution is -2.23. The summed E-state index contributed by atoms with van der Waals surface area (Å²) in [7, 11) is 0. The molecule has 1 heterocycles. The van der Waals surface area contributed by atoms with E-state index in [4.69, 9.17) is 22.1 Å². The molecule has 1 aromatic heterocycles. The van der Waals surface area contributed by atoms with Crippen LogP contribution < -0.4 is 16.0 Å². The van der Waals surface area contributed by atoms with Crippen LogP contribution in [0, 0.1) is 5.82 Å². The number of halogens is 2. The van der Waals surface area contributed by atoms with Crippen molar-refractivity contribution in [2.75, 3.05) is 13.2 Å². The fourth-order valence-electron chi connectivity index (χ4n) is 1.72. The molecule has 0 aliphatic carbocycles. The van der Waals surface area contributed by atoms with Crippen LogP contribution in [0.25, 0.3) is 0 Å². The van der Waals surface area contributed by atoms with Crippen molar-refractivity contribution in [2.45, 2.75) is 13.0 Å². The van der Waals surface area contributed by atoms with Crippen LogP contribution in [-0.4, -0.2) is 22.9 Å². The van der Waals surface area contributed by atoms with E-state index in [2.05, 4.69) is 5.10 Å². The average Bonchev–Trinajstić information content (AvgIpc) is 2.45. The number of hydrogen-bond donors (Lipinski definition) is 1. The number of rotatable bonds is 6. The number of nitrogens with two attached hydrogens (primary N) is 1. The van der Waals surface area contributed by atoms with Crippen LogP contribution in [0.2, 0.25) is 5.02 Å². The first-order valence-corrected chi connectivity index (χ1v) is 6.82. The lowest BCUT2D eigenvalue weighted by atomic mass is 10.2. The molecule has 0 saturated heterocycles. The maximum atomic E-state index is 13.7. The second-order valence-electron chi connectivity index (χ2n) is 4.38. The zero-order valence-electron chi connectivity index (χ0n) is 11.3. The summed E-state index contributed by atoms with van der Waals surface area (Å²) < 4.78 is 20.1. The highest BCUT2D eigenvalue weighted by Crippen LogP contribution is 2.19. The molecule has 0 aliphatic rings. The minimum atomic E-state index is -0.473. The standard InChI is InChI=1S/C14H15ClFN3O2/c15-12-3-1-4-13(16)11(12)9-19-14(20)7-10(8-18-19)21-6-2-5-17/h1,3-4,7-8H,2,5-6,9,17H2. The zero-order chi connectivity index (χ0) is 15.2. The Morgan fingerprint density at radius 1 is 1.43 bits per heavy atom. The Bertz CT molecular complexity index is 655. The minimum Gasteiger partial charge on any atom is -0.492 e. The third-order valence-electron chi connectivity index (χ3n) is 2.83. The van der Waals surface area contributed by atoms with Crippen LogP contribution >= 0.6 is 11.6 Å². The summed E-state index contributed by atoms with van der Waals surface area (Å²) in [5, 5.41) is 4.21. The van der Waals surface area contributed by atoms with E-state index in [0.717, 1.165) is 4.68 Å². The second-order valence-corrected chi connectivity index (χ2v) is 4.79. The smallest absolute Gasteiger partial charge is 0.270 e. The molecule has 5 nitrogen and oxygen atoms in total. The number of hydrogen-bond acceptors (Lipinski definition) is 4. The summed E-state index contributed by atoms with van der Waals surface area (Å²) in [5.41, 5.74) is 5.19. The molecule has 2 aromatic rings. The van der Waals surface area contributed by atoms with Gasteiger partial charge in [0.05, 0.1) is 19.3 Å². The van der Waals surface area contributed by atoms with Gasteiger partial charge < -0.3 is 10.5 Å². The van der Waals surface area contributed by atoms with Gasteiger partial charge in [0.2, 0.25) is 0 Å². The van der Waals surface area contributed by atoms with Gasteiger partial charge in [0.1, 0.15) is 11.6 Å². The highest BCUT2D eigenvalue weighted by molar-refractivity contribution is 6.31. The molecular formula is C14H15ClFN3O2. The summed E-state index contributed by atoms with van der Waals surface area (Å²) in [6.45, 7) is 0.893. The first kappa shape index (κ1) is 15.5. The Balaban J connectivity index is 2.16. The van der Waals surface area contributed by atoms with Crippen LogP contribution in [0.1, 0.15) is 12.0 Å². The number of benzene rings is 1. The van der Waals surface area contributed by atoms with E-state index in [1.54, 1.807) is 6.07 Å². The van der Waals surface area contributed by atoms with E-state index in [-0.39, 0.29) is 22.7 Å². The van der Waals surface area contributed by atoms with E-state index in [1.807, 2.05) is 0 Å². The Hall–Kier alpha value is -1.92. The summed E-state index contributed by atoms with van der Waals surface area (Å²) in [4.78, 5) is 11.9. The fraction of sp³-hybridized carbons (Fsp3) is 0.286. The molecule has 0 saturated carbocycles. The third kappa shape index (κ3) is 4.03. The lowest BCUT2D eigenvalue weighted by Gasteiger charge is -2.09. The van der Waals surface area contributed by atoms with Crippen molar-refractivity contribution in [3.63, 3.8) is 0 Å². The molecule has 1 aromatic carbocycles. The molecule has 0 spiro atoms. The molecule has 112 valence electrons. The largest absolute Gasteiger partial charge is 0.492 e. The number of nitrogens with zero attached hydrogens (tertiary/aromatic N) is 2. The lowest BCUT2D eigenvalue weighted by molar-refractivity contribution is 0.309. The Labute approximate surface area is 126 Å². The van der Waals surface area contributed by atoms with E-state index in [1.165, 1.54) is 24.4 Å². The molecule has 0 radical (unpaired) electrons. The third-order valence-corrected chi connectivity index (χ3v) is 3.19. The van der Waals surface area contributed by atoms with Crippen LogP contribution in [0.5, 0.6) is 5.75 Å². The van der Waals surface area contributed by atoms with Gasteiger partial charge in [-0.1, -0.05) is 17.7 Å². The first-order chi connectivity index (χ1) is 10.1. The van der Waals surface area contributed by atoms with Crippen LogP contribution in [-0.2, 0) is 6.54 Å². The molecular weight excluding hydrogens is 297 g/mol. The predicted molar refractivity (Wildman–Crippen MR) is 78.2 cm³/mol. The van der Waals surface area contributed by atoms with Crippen molar-refractivity contribution in [2.24, 2.45) is 5.73 Å². The summed E-state index contributed by atoms with van der Waals surface area (Å²) >= 11 is 5.93. The fourth-order valence-corrected chi connectivity index (χ4v) is 1.94. The van der Waals surface area contributed by atoms with Crippen molar-refractivity contribution in [1.29, 1.82) is 0 Å². The molecule has 21 heavy (non-hydrogen) atoms. The number of ether oxygens (including phenoxy) is 1. The van der Waals surface area contributed by atoms with Gasteiger partial charge >= 0.3 is 0 Å². The van der Waals surface area contributed by atoms with Gasteiger partial charge in [-0.05, 0) is 25.1 Å². The van der Waals surface area contributed by atoms with Gasteiger partial charge in [0.25, 0.3) is 5.56 Å². The van der Waals surface area contributed by atoms with Crippen molar-refractivity contribution >= 4 is 11.6 Å². The molecule has 0 fully saturated rings. The first-order valence-electron chi connectivity index (χ1n) is 6.44. The zero-order valence-corrected chi connectivity index (χ0v) is 12.0. The minimum absolute atomic E-state index is 0.0343.